The van der Waals surface area contributed by atoms with Crippen molar-refractivity contribution in [2.24, 2.45) is 0 Å². The quantitative estimate of drug-likeness (QED) is 0.747. The van der Waals surface area contributed by atoms with E-state index >= 15 is 0 Å². The summed E-state index contributed by atoms with van der Waals surface area (Å²) >= 11 is 0. The molecule has 0 saturated heterocycles. The van der Waals surface area contributed by atoms with Crippen LogP contribution in [0, 0.1) is 0 Å². The third-order valence-corrected chi connectivity index (χ3v) is 2.78. The van der Waals surface area contributed by atoms with Gasteiger partial charge in [-0.3, -0.25) is 4.98 Å². The molecule has 0 unspecified atom stereocenters. The summed E-state index contributed by atoms with van der Waals surface area (Å²) in [6, 6.07) is 13.7. The number of anilines is 3. The first-order valence-electron chi connectivity index (χ1n) is 6.55. The number of hydrogen-bond donors (Lipinski definition) is 2. The highest BCUT2D eigenvalue weighted by atomic mass is 15.3. The lowest BCUT2D eigenvalue weighted by Gasteiger charge is -2.07. The molecule has 3 aromatic rings. The third kappa shape index (κ3) is 3.73. The normalized spacial score (nSPS) is 10.1. The number of hydrogen-bond acceptors (Lipinski definition) is 6. The molecule has 2 N–H and O–H groups in total. The molecule has 0 aliphatic rings. The lowest BCUT2D eigenvalue weighted by molar-refractivity contribution is 0.946. The molecule has 6 heteroatoms. The summed E-state index contributed by atoms with van der Waals surface area (Å²) in [5, 5.41) is 14.2. The van der Waals surface area contributed by atoms with Gasteiger partial charge in [0.2, 0.25) is 5.95 Å². The van der Waals surface area contributed by atoms with E-state index in [-0.39, 0.29) is 0 Å². The van der Waals surface area contributed by atoms with Gasteiger partial charge in [-0.05, 0) is 23.8 Å². The van der Waals surface area contributed by atoms with Gasteiger partial charge in [0, 0.05) is 24.6 Å². The molecule has 2 aromatic heterocycles. The van der Waals surface area contributed by atoms with Crippen molar-refractivity contribution >= 4 is 17.5 Å². The van der Waals surface area contributed by atoms with Gasteiger partial charge in [-0.25, -0.2) is 0 Å². The maximum absolute atomic E-state index is 4.37. The average Bonchev–Trinajstić information content (AvgIpc) is 2.55. The first kappa shape index (κ1) is 13.0. The van der Waals surface area contributed by atoms with Crippen molar-refractivity contribution in [2.45, 2.75) is 6.54 Å². The monoisotopic (exact) mass is 278 g/mol. The highest BCUT2D eigenvalue weighted by Crippen LogP contribution is 2.13. The van der Waals surface area contributed by atoms with Crippen LogP contribution >= 0.6 is 0 Å². The van der Waals surface area contributed by atoms with E-state index in [2.05, 4.69) is 30.8 Å². The van der Waals surface area contributed by atoms with Crippen LogP contribution in [0.5, 0.6) is 0 Å². The fourth-order valence-corrected chi connectivity index (χ4v) is 1.79. The lowest BCUT2D eigenvalue weighted by atomic mass is 10.3. The van der Waals surface area contributed by atoms with Crippen molar-refractivity contribution in [3.05, 3.63) is 66.6 Å². The Hall–Kier alpha value is -3.02. The van der Waals surface area contributed by atoms with Crippen LogP contribution in [0.25, 0.3) is 0 Å². The maximum atomic E-state index is 4.37. The number of para-hydroxylation sites is 1. The SMILES string of the molecule is c1ccc(Nc2cnnc(NCc3cccnc3)n2)cc1. The zero-order chi connectivity index (χ0) is 14.3. The van der Waals surface area contributed by atoms with Crippen LogP contribution in [0.15, 0.2) is 61.1 Å². The molecule has 104 valence electrons. The van der Waals surface area contributed by atoms with Gasteiger partial charge in [0.15, 0.2) is 5.82 Å². The van der Waals surface area contributed by atoms with Crippen LogP contribution in [-0.2, 0) is 6.54 Å². The molecule has 0 aliphatic carbocycles. The topological polar surface area (TPSA) is 75.6 Å². The predicted octanol–water partition coefficient (Wildman–Crippen LogP) is 2.62. The van der Waals surface area contributed by atoms with Crippen LogP contribution in [0.2, 0.25) is 0 Å². The first-order chi connectivity index (χ1) is 10.4. The van der Waals surface area contributed by atoms with Crippen molar-refractivity contribution in [1.29, 1.82) is 0 Å². The Bertz CT molecular complexity index is 687. The van der Waals surface area contributed by atoms with Gasteiger partial charge < -0.3 is 10.6 Å². The van der Waals surface area contributed by atoms with Crippen molar-refractivity contribution < 1.29 is 0 Å². The van der Waals surface area contributed by atoms with Gasteiger partial charge in [0.25, 0.3) is 0 Å². The Morgan fingerprint density at radius 2 is 1.86 bits per heavy atom. The molecule has 0 aliphatic heterocycles. The molecule has 0 bridgehead atoms. The number of rotatable bonds is 5. The summed E-state index contributed by atoms with van der Waals surface area (Å²) in [4.78, 5) is 8.43. The zero-order valence-corrected chi connectivity index (χ0v) is 11.3. The highest BCUT2D eigenvalue weighted by molar-refractivity contribution is 5.55. The number of nitrogens with one attached hydrogen (secondary N) is 2. The zero-order valence-electron chi connectivity index (χ0n) is 11.3. The Labute approximate surface area is 122 Å². The minimum atomic E-state index is 0.472. The Kier molecular flexibility index (Phi) is 3.97. The van der Waals surface area contributed by atoms with E-state index in [0.717, 1.165) is 11.3 Å². The molecule has 1 aromatic carbocycles. The molecule has 0 radical (unpaired) electrons. The third-order valence-electron chi connectivity index (χ3n) is 2.78. The summed E-state index contributed by atoms with van der Waals surface area (Å²) < 4.78 is 0. The Balaban J connectivity index is 1.66. The fourth-order valence-electron chi connectivity index (χ4n) is 1.79. The van der Waals surface area contributed by atoms with Gasteiger partial charge in [-0.1, -0.05) is 24.3 Å². The van der Waals surface area contributed by atoms with E-state index in [9.17, 15) is 0 Å². The van der Waals surface area contributed by atoms with E-state index in [1.807, 2.05) is 42.5 Å². The summed E-state index contributed by atoms with van der Waals surface area (Å²) in [6.45, 7) is 0.601. The van der Waals surface area contributed by atoms with E-state index in [1.54, 1.807) is 18.6 Å². The second-order valence-corrected chi connectivity index (χ2v) is 4.37. The number of pyridine rings is 1. The van der Waals surface area contributed by atoms with E-state index in [1.165, 1.54) is 0 Å². The van der Waals surface area contributed by atoms with Crippen molar-refractivity contribution in [1.82, 2.24) is 20.2 Å². The molecule has 0 spiro atoms. The minimum Gasteiger partial charge on any atom is -0.349 e. The van der Waals surface area contributed by atoms with E-state index in [0.29, 0.717) is 18.3 Å². The van der Waals surface area contributed by atoms with Gasteiger partial charge in [0.1, 0.15) is 0 Å². The molecule has 3 rings (SSSR count). The van der Waals surface area contributed by atoms with E-state index in [4.69, 9.17) is 0 Å². The smallest absolute Gasteiger partial charge is 0.244 e. The van der Waals surface area contributed by atoms with Gasteiger partial charge >= 0.3 is 0 Å². The summed E-state index contributed by atoms with van der Waals surface area (Å²) in [5.41, 5.74) is 2.01. The van der Waals surface area contributed by atoms with Crippen molar-refractivity contribution in [2.75, 3.05) is 10.6 Å². The largest absolute Gasteiger partial charge is 0.349 e. The summed E-state index contributed by atoms with van der Waals surface area (Å²) in [5.74, 6) is 1.12. The fraction of sp³-hybridized carbons (Fsp3) is 0.0667. The molecule has 0 amide bonds. The van der Waals surface area contributed by atoms with Gasteiger partial charge in [-0.15, -0.1) is 5.10 Å². The second-order valence-electron chi connectivity index (χ2n) is 4.37. The van der Waals surface area contributed by atoms with Crippen LogP contribution in [-0.4, -0.2) is 20.2 Å². The second kappa shape index (κ2) is 6.42. The highest BCUT2D eigenvalue weighted by Gasteiger charge is 2.01. The Morgan fingerprint density at radius 1 is 0.952 bits per heavy atom. The number of nitrogens with zero attached hydrogens (tertiary/aromatic N) is 4. The lowest BCUT2D eigenvalue weighted by Crippen LogP contribution is -2.06. The molecule has 0 atom stereocenters. The van der Waals surface area contributed by atoms with Crippen LogP contribution < -0.4 is 10.6 Å². The molecule has 6 nitrogen and oxygen atoms in total. The first-order valence-corrected chi connectivity index (χ1v) is 6.55. The van der Waals surface area contributed by atoms with Crippen molar-refractivity contribution in [3.63, 3.8) is 0 Å². The van der Waals surface area contributed by atoms with Crippen LogP contribution in [0.3, 0.4) is 0 Å². The van der Waals surface area contributed by atoms with Gasteiger partial charge in [0.05, 0.1) is 6.20 Å². The van der Waals surface area contributed by atoms with Crippen LogP contribution in [0.4, 0.5) is 17.5 Å². The predicted molar refractivity (Wildman–Crippen MR) is 81.1 cm³/mol. The summed E-state index contributed by atoms with van der Waals surface area (Å²) in [6.07, 6.45) is 5.13. The summed E-state index contributed by atoms with van der Waals surface area (Å²) in [7, 11) is 0. The molecule has 21 heavy (non-hydrogen) atoms. The van der Waals surface area contributed by atoms with Crippen molar-refractivity contribution in [3.8, 4) is 0 Å². The molecular weight excluding hydrogens is 264 g/mol. The maximum Gasteiger partial charge on any atom is 0.244 e. The molecule has 0 saturated carbocycles. The minimum absolute atomic E-state index is 0.472. The molecule has 2 heterocycles. The average molecular weight is 278 g/mol. The number of aromatic nitrogens is 4. The Morgan fingerprint density at radius 3 is 2.67 bits per heavy atom. The van der Waals surface area contributed by atoms with Gasteiger partial charge in [-0.2, -0.15) is 10.1 Å². The number of benzene rings is 1. The standard InChI is InChI=1S/C15H14N6/c1-2-6-13(7-3-1)19-14-11-18-21-15(20-14)17-10-12-5-4-8-16-9-12/h1-9,11H,10H2,(H2,17,19,20,21). The van der Waals surface area contributed by atoms with Crippen LogP contribution in [0.1, 0.15) is 5.56 Å². The molecule has 0 fully saturated rings. The molecular formula is C15H14N6. The van der Waals surface area contributed by atoms with E-state index < -0.39 is 0 Å².